The second-order valence-electron chi connectivity index (χ2n) is 7.30. The number of aromatic nitrogens is 3. The number of aliphatic hydroxyl groups excluding tert-OH is 1. The number of ether oxygens (including phenoxy) is 1. The molecule has 1 aromatic carbocycles. The van der Waals surface area contributed by atoms with Gasteiger partial charge in [0, 0.05) is 36.3 Å². The number of pyridine rings is 1. The van der Waals surface area contributed by atoms with Gasteiger partial charge >= 0.3 is 0 Å². The minimum Gasteiger partial charge on any atom is -0.497 e. The van der Waals surface area contributed by atoms with Crippen LogP contribution < -0.4 is 4.74 Å². The Labute approximate surface area is 181 Å². The van der Waals surface area contributed by atoms with E-state index < -0.39 is 0 Å². The fourth-order valence-corrected chi connectivity index (χ4v) is 3.49. The maximum Gasteiger partial charge on any atom is 0.244 e. The molecule has 1 amide bonds. The zero-order chi connectivity index (χ0) is 22.4. The average molecular weight is 425 g/mol. The van der Waals surface area contributed by atoms with Crippen molar-refractivity contribution in [1.82, 2.24) is 19.7 Å². The molecule has 0 saturated heterocycles. The van der Waals surface area contributed by atoms with E-state index >= 15 is 0 Å². The van der Waals surface area contributed by atoms with Crippen molar-refractivity contribution in [2.75, 3.05) is 20.2 Å². The lowest BCUT2D eigenvalue weighted by Gasteiger charge is -2.21. The largest absolute Gasteiger partial charge is 0.497 e. The van der Waals surface area contributed by atoms with Gasteiger partial charge in [-0.2, -0.15) is 5.10 Å². The molecule has 0 unspecified atom stereocenters. The van der Waals surface area contributed by atoms with Gasteiger partial charge < -0.3 is 14.7 Å². The molecule has 0 saturated carbocycles. The van der Waals surface area contributed by atoms with E-state index in [1.165, 1.54) is 6.20 Å². The number of amides is 1. The molecular formula is C23H28N4O4. The van der Waals surface area contributed by atoms with E-state index in [4.69, 9.17) is 4.74 Å². The minimum absolute atomic E-state index is 0.0381. The first-order chi connectivity index (χ1) is 15.0. The number of methoxy groups -OCH3 is 1. The lowest BCUT2D eigenvalue weighted by molar-refractivity contribution is -0.132. The molecule has 8 heteroatoms. The lowest BCUT2D eigenvalue weighted by Crippen LogP contribution is -2.35. The smallest absolute Gasteiger partial charge is 0.244 e. The van der Waals surface area contributed by atoms with Crippen molar-refractivity contribution in [3.8, 4) is 5.75 Å². The molecule has 0 bridgehead atoms. The Balaban J connectivity index is 2.01. The Bertz CT molecular complexity index is 1050. The Kier molecular flexibility index (Phi) is 7.36. The van der Waals surface area contributed by atoms with Crippen molar-refractivity contribution >= 4 is 22.6 Å². The van der Waals surface area contributed by atoms with Crippen LogP contribution in [0, 0.1) is 0 Å². The maximum atomic E-state index is 13.1. The van der Waals surface area contributed by atoms with Crippen LogP contribution >= 0.6 is 0 Å². The SMILES string of the molecule is CCCN(CCC)C(=O)Cn1nc(C(=O)c2ccc(CO)nc2)c2ccc(OC)cc21. The van der Waals surface area contributed by atoms with Crippen molar-refractivity contribution in [1.29, 1.82) is 0 Å². The van der Waals surface area contributed by atoms with Crippen LogP contribution in [-0.4, -0.2) is 56.7 Å². The molecular weight excluding hydrogens is 396 g/mol. The van der Waals surface area contributed by atoms with Gasteiger partial charge in [0.2, 0.25) is 11.7 Å². The second-order valence-corrected chi connectivity index (χ2v) is 7.30. The van der Waals surface area contributed by atoms with Gasteiger partial charge in [-0.15, -0.1) is 0 Å². The number of ketones is 1. The molecule has 0 spiro atoms. The Morgan fingerprint density at radius 1 is 1.13 bits per heavy atom. The normalized spacial score (nSPS) is 11.0. The highest BCUT2D eigenvalue weighted by Crippen LogP contribution is 2.26. The maximum absolute atomic E-state index is 13.1. The number of fused-ring (bicyclic) bond motifs is 1. The number of aliphatic hydroxyl groups is 1. The van der Waals surface area contributed by atoms with E-state index in [0.717, 1.165) is 12.8 Å². The molecule has 2 aromatic heterocycles. The summed E-state index contributed by atoms with van der Waals surface area (Å²) in [5.41, 5.74) is 1.75. The topological polar surface area (TPSA) is 97.6 Å². The summed E-state index contributed by atoms with van der Waals surface area (Å²) in [7, 11) is 1.57. The van der Waals surface area contributed by atoms with Crippen molar-refractivity contribution < 1.29 is 19.4 Å². The van der Waals surface area contributed by atoms with Gasteiger partial charge in [-0.05, 0) is 37.1 Å². The van der Waals surface area contributed by atoms with Gasteiger partial charge in [0.15, 0.2) is 0 Å². The molecule has 0 aliphatic heterocycles. The number of hydrogen-bond donors (Lipinski definition) is 1. The molecule has 3 rings (SSSR count). The molecule has 0 fully saturated rings. The standard InChI is InChI=1S/C23H28N4O4/c1-4-10-26(11-5-2)21(29)14-27-20-12-18(31-3)8-9-19(20)22(25-27)23(30)16-6-7-17(15-28)24-13-16/h6-9,12-13,28H,4-5,10-11,14-15H2,1-3H3. The van der Waals surface area contributed by atoms with Crippen molar-refractivity contribution in [3.05, 3.63) is 53.5 Å². The second kappa shape index (κ2) is 10.2. The molecule has 31 heavy (non-hydrogen) atoms. The summed E-state index contributed by atoms with van der Waals surface area (Å²) in [5, 5.41) is 14.3. The van der Waals surface area contributed by atoms with Gasteiger partial charge in [-0.3, -0.25) is 19.3 Å². The number of rotatable bonds is 10. The molecule has 8 nitrogen and oxygen atoms in total. The number of nitrogens with zero attached hydrogens (tertiary/aromatic N) is 4. The molecule has 2 heterocycles. The van der Waals surface area contributed by atoms with Crippen LogP contribution in [0.2, 0.25) is 0 Å². The number of benzene rings is 1. The highest BCUT2D eigenvalue weighted by molar-refractivity contribution is 6.15. The van der Waals surface area contributed by atoms with Crippen LogP contribution in [0.25, 0.3) is 10.9 Å². The van der Waals surface area contributed by atoms with Gasteiger partial charge in [0.05, 0.1) is 24.9 Å². The van der Waals surface area contributed by atoms with E-state index in [2.05, 4.69) is 10.1 Å². The van der Waals surface area contributed by atoms with Crippen molar-refractivity contribution in [2.45, 2.75) is 39.8 Å². The van der Waals surface area contributed by atoms with Gasteiger partial charge in [0.1, 0.15) is 18.0 Å². The zero-order valence-electron chi connectivity index (χ0n) is 18.2. The molecule has 0 radical (unpaired) electrons. The van der Waals surface area contributed by atoms with E-state index in [1.807, 2.05) is 18.7 Å². The highest BCUT2D eigenvalue weighted by Gasteiger charge is 2.22. The molecule has 0 aliphatic carbocycles. The predicted octanol–water partition coefficient (Wildman–Crippen LogP) is 2.81. The summed E-state index contributed by atoms with van der Waals surface area (Å²) in [6.45, 7) is 5.29. The Morgan fingerprint density at radius 3 is 2.45 bits per heavy atom. The van der Waals surface area contributed by atoms with Gasteiger partial charge in [0.25, 0.3) is 0 Å². The summed E-state index contributed by atoms with van der Waals surface area (Å²) in [4.78, 5) is 32.0. The van der Waals surface area contributed by atoms with Crippen LogP contribution in [0.3, 0.4) is 0 Å². The highest BCUT2D eigenvalue weighted by atomic mass is 16.5. The Morgan fingerprint density at radius 2 is 1.87 bits per heavy atom. The number of carbonyl (C=O) groups is 2. The zero-order valence-corrected chi connectivity index (χ0v) is 18.2. The van der Waals surface area contributed by atoms with E-state index in [-0.39, 0.29) is 30.5 Å². The van der Waals surface area contributed by atoms with Crippen LogP contribution in [-0.2, 0) is 17.9 Å². The molecule has 1 N–H and O–H groups in total. The fraction of sp³-hybridized carbons (Fsp3) is 0.391. The number of hydrogen-bond acceptors (Lipinski definition) is 6. The summed E-state index contributed by atoms with van der Waals surface area (Å²) in [6, 6.07) is 8.54. The van der Waals surface area contributed by atoms with E-state index in [1.54, 1.807) is 42.1 Å². The molecule has 164 valence electrons. The lowest BCUT2D eigenvalue weighted by atomic mass is 10.1. The first-order valence-electron chi connectivity index (χ1n) is 10.4. The summed E-state index contributed by atoms with van der Waals surface area (Å²) in [6.07, 6.45) is 3.18. The number of carbonyl (C=O) groups excluding carboxylic acids is 2. The average Bonchev–Trinajstić information content (AvgIpc) is 3.15. The van der Waals surface area contributed by atoms with Gasteiger partial charge in [-0.1, -0.05) is 13.8 Å². The fourth-order valence-electron chi connectivity index (χ4n) is 3.49. The summed E-state index contributed by atoms with van der Waals surface area (Å²) < 4.78 is 6.90. The van der Waals surface area contributed by atoms with Crippen LogP contribution in [0.15, 0.2) is 36.5 Å². The molecule has 0 atom stereocenters. The minimum atomic E-state index is -0.294. The van der Waals surface area contributed by atoms with Gasteiger partial charge in [-0.25, -0.2) is 0 Å². The molecule has 3 aromatic rings. The third-order valence-corrected chi connectivity index (χ3v) is 5.05. The first-order valence-corrected chi connectivity index (χ1v) is 10.4. The van der Waals surface area contributed by atoms with Crippen LogP contribution in [0.5, 0.6) is 5.75 Å². The monoisotopic (exact) mass is 424 g/mol. The quantitative estimate of drug-likeness (QED) is 0.503. The third-order valence-electron chi connectivity index (χ3n) is 5.05. The Hall–Kier alpha value is -3.26. The van der Waals surface area contributed by atoms with Crippen molar-refractivity contribution in [2.24, 2.45) is 0 Å². The molecule has 0 aliphatic rings. The predicted molar refractivity (Wildman–Crippen MR) is 117 cm³/mol. The first kappa shape index (κ1) is 22.4. The van der Waals surface area contributed by atoms with E-state index in [0.29, 0.717) is 41.0 Å². The van der Waals surface area contributed by atoms with Crippen LogP contribution in [0.4, 0.5) is 0 Å². The third kappa shape index (κ3) is 4.91. The summed E-state index contributed by atoms with van der Waals surface area (Å²) in [5.74, 6) is 0.286. The van der Waals surface area contributed by atoms with E-state index in [9.17, 15) is 14.7 Å². The summed E-state index contributed by atoms with van der Waals surface area (Å²) >= 11 is 0. The van der Waals surface area contributed by atoms with Crippen LogP contribution in [0.1, 0.15) is 48.4 Å². The van der Waals surface area contributed by atoms with Crippen molar-refractivity contribution in [3.63, 3.8) is 0 Å².